The standard InChI is InChI=1S/C12H22O5/c1-6-17-12(15)9(7(2)3)10(11(13)14)8(4)16-5/h7-10H,6H2,1-5H3,(H,13,14). The molecule has 0 saturated heterocycles. The molecule has 0 bridgehead atoms. The third-order valence-electron chi connectivity index (χ3n) is 2.83. The minimum absolute atomic E-state index is 0.118. The van der Waals surface area contributed by atoms with Crippen molar-refractivity contribution in [3.8, 4) is 0 Å². The zero-order valence-electron chi connectivity index (χ0n) is 11.1. The first-order valence-corrected chi connectivity index (χ1v) is 5.79. The first-order valence-electron chi connectivity index (χ1n) is 5.79. The van der Waals surface area contributed by atoms with Crippen LogP contribution in [-0.2, 0) is 19.1 Å². The summed E-state index contributed by atoms with van der Waals surface area (Å²) in [6.07, 6.45) is -0.538. The smallest absolute Gasteiger partial charge is 0.310 e. The van der Waals surface area contributed by atoms with Gasteiger partial charge in [-0.25, -0.2) is 0 Å². The van der Waals surface area contributed by atoms with E-state index in [4.69, 9.17) is 9.47 Å². The van der Waals surface area contributed by atoms with E-state index in [1.54, 1.807) is 27.7 Å². The summed E-state index contributed by atoms with van der Waals surface area (Å²) >= 11 is 0. The van der Waals surface area contributed by atoms with Crippen molar-refractivity contribution >= 4 is 11.9 Å². The van der Waals surface area contributed by atoms with Crippen molar-refractivity contribution in [2.24, 2.45) is 17.8 Å². The molecular formula is C12H22O5. The molecule has 0 heterocycles. The minimum atomic E-state index is -1.04. The third kappa shape index (κ3) is 4.34. The molecule has 0 aromatic heterocycles. The van der Waals surface area contributed by atoms with Crippen LogP contribution in [0.3, 0.4) is 0 Å². The van der Waals surface area contributed by atoms with Gasteiger partial charge in [-0.1, -0.05) is 13.8 Å². The fourth-order valence-electron chi connectivity index (χ4n) is 1.86. The largest absolute Gasteiger partial charge is 0.481 e. The Kier molecular flexibility index (Phi) is 6.80. The van der Waals surface area contributed by atoms with Crippen molar-refractivity contribution in [3.63, 3.8) is 0 Å². The molecule has 5 nitrogen and oxygen atoms in total. The normalized spacial score (nSPS) is 16.4. The Morgan fingerprint density at radius 2 is 1.71 bits per heavy atom. The number of carbonyl (C=O) groups excluding carboxylic acids is 1. The number of carbonyl (C=O) groups is 2. The van der Waals surface area contributed by atoms with E-state index in [2.05, 4.69) is 0 Å². The zero-order valence-corrected chi connectivity index (χ0v) is 11.1. The van der Waals surface area contributed by atoms with E-state index < -0.39 is 29.9 Å². The van der Waals surface area contributed by atoms with Gasteiger partial charge in [-0.05, 0) is 19.8 Å². The summed E-state index contributed by atoms with van der Waals surface area (Å²) in [6.45, 7) is 7.20. The van der Waals surface area contributed by atoms with Gasteiger partial charge in [0.2, 0.25) is 0 Å². The molecule has 0 aromatic rings. The van der Waals surface area contributed by atoms with Gasteiger partial charge < -0.3 is 14.6 Å². The van der Waals surface area contributed by atoms with Gasteiger partial charge in [-0.3, -0.25) is 9.59 Å². The number of methoxy groups -OCH3 is 1. The van der Waals surface area contributed by atoms with Crippen molar-refractivity contribution in [2.45, 2.75) is 33.8 Å². The van der Waals surface area contributed by atoms with Crippen LogP contribution in [0, 0.1) is 17.8 Å². The maximum Gasteiger partial charge on any atom is 0.310 e. The Morgan fingerprint density at radius 3 is 2.00 bits per heavy atom. The van der Waals surface area contributed by atoms with Crippen LogP contribution in [0.25, 0.3) is 0 Å². The molecule has 5 heteroatoms. The zero-order chi connectivity index (χ0) is 13.6. The number of hydrogen-bond acceptors (Lipinski definition) is 4. The van der Waals surface area contributed by atoms with E-state index in [-0.39, 0.29) is 12.5 Å². The van der Waals surface area contributed by atoms with E-state index in [1.807, 2.05) is 0 Å². The van der Waals surface area contributed by atoms with E-state index >= 15 is 0 Å². The first kappa shape index (κ1) is 15.9. The predicted molar refractivity (Wildman–Crippen MR) is 62.6 cm³/mol. The summed E-state index contributed by atoms with van der Waals surface area (Å²) in [5.74, 6) is -3.21. The molecule has 0 rings (SSSR count). The summed E-state index contributed by atoms with van der Waals surface area (Å²) < 4.78 is 9.98. The molecule has 100 valence electrons. The van der Waals surface area contributed by atoms with Crippen molar-refractivity contribution in [2.75, 3.05) is 13.7 Å². The number of rotatable bonds is 7. The molecule has 0 aliphatic carbocycles. The number of aliphatic carboxylic acids is 1. The lowest BCUT2D eigenvalue weighted by molar-refractivity contribution is -0.164. The maximum absolute atomic E-state index is 11.8. The molecule has 0 saturated carbocycles. The average Bonchev–Trinajstić information content (AvgIpc) is 2.23. The van der Waals surface area contributed by atoms with Crippen LogP contribution in [0.5, 0.6) is 0 Å². The highest BCUT2D eigenvalue weighted by Crippen LogP contribution is 2.27. The Morgan fingerprint density at radius 1 is 1.18 bits per heavy atom. The monoisotopic (exact) mass is 246 g/mol. The lowest BCUT2D eigenvalue weighted by atomic mass is 9.80. The van der Waals surface area contributed by atoms with Gasteiger partial charge in [-0.2, -0.15) is 0 Å². The Hall–Kier alpha value is -1.10. The van der Waals surface area contributed by atoms with Crippen LogP contribution in [-0.4, -0.2) is 36.9 Å². The van der Waals surface area contributed by atoms with Gasteiger partial charge >= 0.3 is 11.9 Å². The highest BCUT2D eigenvalue weighted by atomic mass is 16.5. The Labute approximate surface area is 102 Å². The number of ether oxygens (including phenoxy) is 2. The summed E-state index contributed by atoms with van der Waals surface area (Å²) in [7, 11) is 1.43. The molecule has 0 aromatic carbocycles. The molecular weight excluding hydrogens is 224 g/mol. The van der Waals surface area contributed by atoms with Crippen LogP contribution in [0.2, 0.25) is 0 Å². The van der Waals surface area contributed by atoms with Crippen LogP contribution in [0.1, 0.15) is 27.7 Å². The molecule has 3 atom stereocenters. The van der Waals surface area contributed by atoms with Crippen LogP contribution in [0.15, 0.2) is 0 Å². The number of carboxylic acids is 1. The summed E-state index contributed by atoms with van der Waals surface area (Å²) in [6, 6.07) is 0. The van der Waals surface area contributed by atoms with Crippen molar-refractivity contribution < 1.29 is 24.2 Å². The Bertz CT molecular complexity index is 262. The van der Waals surface area contributed by atoms with Crippen molar-refractivity contribution in [1.29, 1.82) is 0 Å². The molecule has 1 N–H and O–H groups in total. The highest BCUT2D eigenvalue weighted by Gasteiger charge is 2.40. The van der Waals surface area contributed by atoms with Gasteiger partial charge in [0.1, 0.15) is 0 Å². The van der Waals surface area contributed by atoms with Crippen LogP contribution < -0.4 is 0 Å². The lowest BCUT2D eigenvalue weighted by Crippen LogP contribution is -2.41. The van der Waals surface area contributed by atoms with E-state index in [9.17, 15) is 14.7 Å². The third-order valence-corrected chi connectivity index (χ3v) is 2.83. The average molecular weight is 246 g/mol. The first-order chi connectivity index (χ1) is 7.86. The second kappa shape index (κ2) is 7.27. The maximum atomic E-state index is 11.8. The van der Waals surface area contributed by atoms with Gasteiger partial charge in [0.15, 0.2) is 0 Å². The van der Waals surface area contributed by atoms with E-state index in [0.717, 1.165) is 0 Å². The fourth-order valence-corrected chi connectivity index (χ4v) is 1.86. The van der Waals surface area contributed by atoms with Crippen molar-refractivity contribution in [3.05, 3.63) is 0 Å². The quantitative estimate of drug-likeness (QED) is 0.690. The molecule has 0 aliphatic rings. The molecule has 0 aliphatic heterocycles. The molecule has 0 amide bonds. The SMILES string of the molecule is CCOC(=O)C(C(C)C)C(C(=O)O)C(C)OC. The molecule has 0 spiro atoms. The van der Waals surface area contributed by atoms with Gasteiger partial charge in [0.25, 0.3) is 0 Å². The lowest BCUT2D eigenvalue weighted by Gasteiger charge is -2.28. The number of hydrogen-bond donors (Lipinski definition) is 1. The predicted octanol–water partition coefficient (Wildman–Crippen LogP) is 1.56. The Balaban J connectivity index is 5.10. The van der Waals surface area contributed by atoms with Crippen LogP contribution >= 0.6 is 0 Å². The van der Waals surface area contributed by atoms with E-state index in [1.165, 1.54) is 7.11 Å². The summed E-state index contributed by atoms with van der Waals surface area (Å²) in [5, 5.41) is 9.22. The number of carboxylic acid groups (broad SMARTS) is 1. The summed E-state index contributed by atoms with van der Waals surface area (Å²) in [5.41, 5.74) is 0. The fraction of sp³-hybridized carbons (Fsp3) is 0.833. The topological polar surface area (TPSA) is 72.8 Å². The van der Waals surface area contributed by atoms with Crippen LogP contribution in [0.4, 0.5) is 0 Å². The molecule has 0 radical (unpaired) electrons. The molecule has 3 unspecified atom stereocenters. The number of esters is 1. The summed E-state index contributed by atoms with van der Waals surface area (Å²) in [4.78, 5) is 23.1. The van der Waals surface area contributed by atoms with Gasteiger partial charge in [-0.15, -0.1) is 0 Å². The minimum Gasteiger partial charge on any atom is -0.481 e. The van der Waals surface area contributed by atoms with Gasteiger partial charge in [0, 0.05) is 7.11 Å². The second-order valence-electron chi connectivity index (χ2n) is 4.33. The van der Waals surface area contributed by atoms with E-state index in [0.29, 0.717) is 0 Å². The van der Waals surface area contributed by atoms with Gasteiger partial charge in [0.05, 0.1) is 24.5 Å². The second-order valence-corrected chi connectivity index (χ2v) is 4.33. The van der Waals surface area contributed by atoms with Crippen molar-refractivity contribution in [1.82, 2.24) is 0 Å². The highest BCUT2D eigenvalue weighted by molar-refractivity contribution is 5.81. The molecule has 17 heavy (non-hydrogen) atoms. The molecule has 0 fully saturated rings.